The Morgan fingerprint density at radius 3 is 2.31 bits per heavy atom. The van der Waals surface area contributed by atoms with Crippen molar-refractivity contribution in [2.45, 2.75) is 6.92 Å². The third-order valence-corrected chi connectivity index (χ3v) is 2.29. The van der Waals surface area contributed by atoms with Crippen molar-refractivity contribution in [2.24, 2.45) is 0 Å². The van der Waals surface area contributed by atoms with E-state index in [-0.39, 0.29) is 0 Å². The van der Waals surface area contributed by atoms with Crippen molar-refractivity contribution in [1.82, 2.24) is 0 Å². The quantitative estimate of drug-likeness (QED) is 0.779. The van der Waals surface area contributed by atoms with Gasteiger partial charge in [-0.3, -0.25) is 4.79 Å². The van der Waals surface area contributed by atoms with Crippen LogP contribution in [-0.2, 0) is 4.79 Å². The van der Waals surface area contributed by atoms with E-state index in [0.717, 1.165) is 11.3 Å². The van der Waals surface area contributed by atoms with Gasteiger partial charge in [0.1, 0.15) is 11.5 Å². The lowest BCUT2D eigenvalue weighted by atomic mass is 10.2. The maximum Gasteiger partial charge on any atom is 0.233 e. The van der Waals surface area contributed by atoms with Crippen molar-refractivity contribution < 1.29 is 9.53 Å². The molecule has 0 saturated carbocycles. The molecule has 16 heavy (non-hydrogen) atoms. The van der Waals surface area contributed by atoms with Crippen LogP contribution in [0.1, 0.15) is 11.1 Å². The first-order chi connectivity index (χ1) is 7.79. The Hall–Kier alpha value is -2.09. The molecule has 0 bridgehead atoms. The number of para-hydroxylation sites is 1. The smallest absolute Gasteiger partial charge is 0.233 e. The largest absolute Gasteiger partial charge is 0.457 e. The number of benzene rings is 2. The highest BCUT2D eigenvalue weighted by Crippen LogP contribution is 2.24. The average molecular weight is 211 g/mol. The molecule has 0 N–H and O–H groups in total. The van der Waals surface area contributed by atoms with Gasteiger partial charge in [0, 0.05) is 5.56 Å². The molecule has 0 amide bonds. The van der Waals surface area contributed by atoms with Crippen LogP contribution < -0.4 is 4.74 Å². The van der Waals surface area contributed by atoms with Gasteiger partial charge >= 0.3 is 0 Å². The molecule has 79 valence electrons. The highest BCUT2D eigenvalue weighted by Gasteiger charge is 2.00. The highest BCUT2D eigenvalue weighted by molar-refractivity contribution is 5.75. The van der Waals surface area contributed by atoms with Crippen LogP contribution in [0, 0.1) is 6.92 Å². The van der Waals surface area contributed by atoms with Gasteiger partial charge in [-0.15, -0.1) is 0 Å². The highest BCUT2D eigenvalue weighted by atomic mass is 16.5. The second-order valence-electron chi connectivity index (χ2n) is 3.49. The Bertz CT molecular complexity index is 486. The molecule has 2 aromatic rings. The van der Waals surface area contributed by atoms with Gasteiger partial charge in [0.15, 0.2) is 0 Å². The first kappa shape index (κ1) is 10.4. The van der Waals surface area contributed by atoms with Crippen molar-refractivity contribution in [3.8, 4) is 11.5 Å². The summed E-state index contributed by atoms with van der Waals surface area (Å²) in [6.45, 7) is 1.99. The summed E-state index contributed by atoms with van der Waals surface area (Å²) >= 11 is 0. The molecule has 0 atom stereocenters. The fraction of sp³-hybridized carbons (Fsp3) is 0.0714. The van der Waals surface area contributed by atoms with Gasteiger partial charge in [-0.2, -0.15) is 0 Å². The van der Waals surface area contributed by atoms with Gasteiger partial charge < -0.3 is 4.74 Å². The number of ether oxygens (including phenoxy) is 1. The zero-order chi connectivity index (χ0) is 11.4. The molecule has 2 nitrogen and oxygen atoms in total. The fourth-order valence-corrected chi connectivity index (χ4v) is 1.39. The minimum Gasteiger partial charge on any atom is -0.457 e. The number of carbonyl (C=O) groups excluding carboxylic acids is 1. The summed E-state index contributed by atoms with van der Waals surface area (Å²) in [7, 11) is 0. The Morgan fingerprint density at radius 2 is 1.69 bits per heavy atom. The van der Waals surface area contributed by atoms with Gasteiger partial charge in [-0.1, -0.05) is 18.2 Å². The van der Waals surface area contributed by atoms with E-state index in [1.54, 1.807) is 24.3 Å². The number of rotatable bonds is 3. The van der Waals surface area contributed by atoms with E-state index in [2.05, 4.69) is 0 Å². The Kier molecular flexibility index (Phi) is 3.01. The minimum absolute atomic E-state index is 0.525. The van der Waals surface area contributed by atoms with Crippen LogP contribution in [0.2, 0.25) is 0 Å². The number of aryl methyl sites for hydroxylation is 1. The van der Waals surface area contributed by atoms with Crippen LogP contribution in [0.25, 0.3) is 0 Å². The van der Waals surface area contributed by atoms with Crippen molar-refractivity contribution in [2.75, 3.05) is 0 Å². The standard InChI is InChI=1S/C14H11O2/c1-11-4-2-3-5-14(11)16-13-8-6-12(10-15)7-9-13/h2-9H,1H3. The lowest BCUT2D eigenvalue weighted by molar-refractivity contribution is 0.479. The molecule has 0 aliphatic carbocycles. The molecular weight excluding hydrogens is 200 g/mol. The van der Waals surface area contributed by atoms with Crippen molar-refractivity contribution >= 4 is 6.29 Å². The lowest BCUT2D eigenvalue weighted by Gasteiger charge is -2.07. The summed E-state index contributed by atoms with van der Waals surface area (Å²) in [4.78, 5) is 10.4. The maximum absolute atomic E-state index is 10.4. The minimum atomic E-state index is 0.525. The van der Waals surface area contributed by atoms with E-state index in [0.29, 0.717) is 11.3 Å². The Balaban J connectivity index is 2.21. The summed E-state index contributed by atoms with van der Waals surface area (Å²) in [6.07, 6.45) is 1.82. The third kappa shape index (κ3) is 2.28. The number of hydrogen-bond acceptors (Lipinski definition) is 2. The van der Waals surface area contributed by atoms with Crippen LogP contribution in [0.3, 0.4) is 0 Å². The molecule has 2 aromatic carbocycles. The normalized spacial score (nSPS) is 9.81. The number of hydrogen-bond donors (Lipinski definition) is 0. The Labute approximate surface area is 94.5 Å². The van der Waals surface area contributed by atoms with E-state index in [4.69, 9.17) is 4.74 Å². The average Bonchev–Trinajstić information content (AvgIpc) is 2.33. The summed E-state index contributed by atoms with van der Waals surface area (Å²) in [6, 6.07) is 14.7. The molecular formula is C14H11O2. The second kappa shape index (κ2) is 4.62. The molecule has 0 aliphatic rings. The van der Waals surface area contributed by atoms with Crippen LogP contribution in [-0.4, -0.2) is 6.29 Å². The van der Waals surface area contributed by atoms with Crippen LogP contribution >= 0.6 is 0 Å². The molecule has 0 unspecified atom stereocenters. The fourth-order valence-electron chi connectivity index (χ4n) is 1.39. The van der Waals surface area contributed by atoms with Gasteiger partial charge in [-0.05, 0) is 42.8 Å². The molecule has 2 rings (SSSR count). The van der Waals surface area contributed by atoms with E-state index in [1.165, 1.54) is 0 Å². The molecule has 2 heteroatoms. The van der Waals surface area contributed by atoms with Crippen LogP contribution in [0.4, 0.5) is 0 Å². The van der Waals surface area contributed by atoms with E-state index >= 15 is 0 Å². The van der Waals surface area contributed by atoms with E-state index in [1.807, 2.05) is 37.5 Å². The molecule has 0 fully saturated rings. The molecule has 0 spiro atoms. The second-order valence-corrected chi connectivity index (χ2v) is 3.49. The topological polar surface area (TPSA) is 26.3 Å². The molecule has 1 radical (unpaired) electrons. The van der Waals surface area contributed by atoms with Crippen LogP contribution in [0.5, 0.6) is 11.5 Å². The lowest BCUT2D eigenvalue weighted by Crippen LogP contribution is -1.87. The summed E-state index contributed by atoms with van der Waals surface area (Å²) in [5.74, 6) is 1.54. The molecule has 0 aliphatic heterocycles. The SMILES string of the molecule is Cc1ccccc1Oc1ccc([C]=O)cc1. The summed E-state index contributed by atoms with van der Waals surface area (Å²) < 4.78 is 5.68. The summed E-state index contributed by atoms with van der Waals surface area (Å²) in [5, 5.41) is 0. The van der Waals surface area contributed by atoms with Crippen molar-refractivity contribution in [3.05, 3.63) is 59.7 Å². The predicted octanol–water partition coefficient (Wildman–Crippen LogP) is 3.25. The van der Waals surface area contributed by atoms with E-state index < -0.39 is 0 Å². The molecule has 0 saturated heterocycles. The Morgan fingerprint density at radius 1 is 1.00 bits per heavy atom. The third-order valence-electron chi connectivity index (χ3n) is 2.29. The van der Waals surface area contributed by atoms with Gasteiger partial charge in [-0.25, -0.2) is 0 Å². The van der Waals surface area contributed by atoms with Gasteiger partial charge in [0.05, 0.1) is 0 Å². The first-order valence-electron chi connectivity index (χ1n) is 5.01. The monoisotopic (exact) mass is 211 g/mol. The first-order valence-corrected chi connectivity index (χ1v) is 5.01. The van der Waals surface area contributed by atoms with Crippen molar-refractivity contribution in [1.29, 1.82) is 0 Å². The summed E-state index contributed by atoms with van der Waals surface area (Å²) in [5.41, 5.74) is 1.60. The molecule has 0 heterocycles. The zero-order valence-corrected chi connectivity index (χ0v) is 8.94. The molecule has 0 aromatic heterocycles. The van der Waals surface area contributed by atoms with Gasteiger partial charge in [0.2, 0.25) is 6.29 Å². The van der Waals surface area contributed by atoms with Crippen molar-refractivity contribution in [3.63, 3.8) is 0 Å². The van der Waals surface area contributed by atoms with Gasteiger partial charge in [0.25, 0.3) is 0 Å². The maximum atomic E-state index is 10.4. The van der Waals surface area contributed by atoms with E-state index in [9.17, 15) is 4.79 Å². The predicted molar refractivity (Wildman–Crippen MR) is 62.5 cm³/mol. The van der Waals surface area contributed by atoms with Crippen LogP contribution in [0.15, 0.2) is 48.5 Å². The zero-order valence-electron chi connectivity index (χ0n) is 8.94.